The van der Waals surface area contributed by atoms with E-state index in [1.807, 2.05) is 6.07 Å². The predicted octanol–water partition coefficient (Wildman–Crippen LogP) is 4.39. The molecular weight excluding hydrogens is 458 g/mol. The number of hydrogen-bond acceptors (Lipinski definition) is 0. The Hall–Kier alpha value is -1.01. The van der Waals surface area contributed by atoms with Crippen LogP contribution in [-0.4, -0.2) is 29.9 Å². The molecule has 0 nitrogen and oxygen atoms in total. The topological polar surface area (TPSA) is 0 Å². The van der Waals surface area contributed by atoms with Gasteiger partial charge in [0.1, 0.15) is 0 Å². The van der Waals surface area contributed by atoms with Crippen molar-refractivity contribution in [2.45, 2.75) is 22.0 Å². The second kappa shape index (κ2) is 7.70. The minimum absolute atomic E-state index is 0.410. The minimum atomic E-state index is 0.410. The molecule has 25 heavy (non-hydrogen) atoms. The Morgan fingerprint density at radius 1 is 0.760 bits per heavy atom. The van der Waals surface area contributed by atoms with Crippen molar-refractivity contribution in [3.8, 4) is 0 Å². The van der Waals surface area contributed by atoms with Crippen LogP contribution < -0.4 is 8.92 Å². The number of benzene rings is 3. The van der Waals surface area contributed by atoms with Gasteiger partial charge in [-0.25, -0.2) is 0 Å². The molecule has 0 heterocycles. The van der Waals surface area contributed by atoms with Crippen LogP contribution in [-0.2, 0) is 0 Å². The van der Waals surface area contributed by atoms with Crippen molar-refractivity contribution in [2.75, 3.05) is 0 Å². The molecule has 0 amide bonds. The van der Waals surface area contributed by atoms with Gasteiger partial charge in [-0.3, -0.25) is 0 Å². The van der Waals surface area contributed by atoms with Crippen LogP contribution in [0, 0.1) is 0 Å². The zero-order chi connectivity index (χ0) is 17.1. The standard InChI is InChI=1S/C22H19ClSe2/c23-18-9-7-8-17(16-18)21-14-15-22(21,24-19-10-3-1-4-11-19)25-20-12-5-2-6-13-20/h1-13,16,21H,14-15H2. The Morgan fingerprint density at radius 2 is 1.36 bits per heavy atom. The van der Waals surface area contributed by atoms with Crippen molar-refractivity contribution in [3.05, 3.63) is 95.5 Å². The molecule has 0 aliphatic heterocycles. The van der Waals surface area contributed by atoms with Crippen LogP contribution in [0.25, 0.3) is 0 Å². The first-order valence-electron chi connectivity index (χ1n) is 8.49. The number of rotatable bonds is 5. The molecule has 1 atom stereocenters. The summed E-state index contributed by atoms with van der Waals surface area (Å²) in [6.45, 7) is 0. The maximum absolute atomic E-state index is 6.29. The molecule has 1 aliphatic rings. The predicted molar refractivity (Wildman–Crippen MR) is 110 cm³/mol. The van der Waals surface area contributed by atoms with Gasteiger partial charge < -0.3 is 0 Å². The third-order valence-electron chi connectivity index (χ3n) is 4.63. The Bertz CT molecular complexity index is 791. The molecule has 1 unspecified atom stereocenters. The van der Waals surface area contributed by atoms with Crippen LogP contribution in [0.1, 0.15) is 24.3 Å². The third-order valence-corrected chi connectivity index (χ3v) is 12.3. The Labute approximate surface area is 167 Å². The molecule has 0 spiro atoms. The van der Waals surface area contributed by atoms with Crippen LogP contribution in [0.4, 0.5) is 0 Å². The molecule has 0 bridgehead atoms. The van der Waals surface area contributed by atoms with E-state index in [9.17, 15) is 0 Å². The Balaban J connectivity index is 1.68. The number of halogens is 1. The van der Waals surface area contributed by atoms with Gasteiger partial charge >= 0.3 is 168 Å². The van der Waals surface area contributed by atoms with E-state index in [0.29, 0.717) is 39.0 Å². The summed E-state index contributed by atoms with van der Waals surface area (Å²) in [6, 6.07) is 30.7. The van der Waals surface area contributed by atoms with E-state index >= 15 is 0 Å². The normalized spacial score (nSPS) is 18.5. The molecule has 0 saturated heterocycles. The van der Waals surface area contributed by atoms with Crippen molar-refractivity contribution in [2.24, 2.45) is 0 Å². The molecule has 3 aromatic rings. The molecular formula is C22H19ClSe2. The molecule has 1 fully saturated rings. The van der Waals surface area contributed by atoms with E-state index in [2.05, 4.69) is 78.9 Å². The molecule has 126 valence electrons. The molecule has 1 saturated carbocycles. The molecule has 4 rings (SSSR count). The summed E-state index contributed by atoms with van der Waals surface area (Å²) < 4.78 is 3.44. The Kier molecular flexibility index (Phi) is 5.36. The van der Waals surface area contributed by atoms with Gasteiger partial charge in [0.15, 0.2) is 0 Å². The van der Waals surface area contributed by atoms with Crippen LogP contribution >= 0.6 is 11.6 Å². The van der Waals surface area contributed by atoms with E-state index in [-0.39, 0.29) is 0 Å². The fourth-order valence-corrected chi connectivity index (χ4v) is 11.6. The van der Waals surface area contributed by atoms with E-state index in [4.69, 9.17) is 11.6 Å². The van der Waals surface area contributed by atoms with Crippen LogP contribution in [0.5, 0.6) is 0 Å². The average molecular weight is 477 g/mol. The Morgan fingerprint density at radius 3 is 1.84 bits per heavy atom. The van der Waals surface area contributed by atoms with Gasteiger partial charge in [0.05, 0.1) is 0 Å². The first kappa shape index (κ1) is 17.4. The zero-order valence-electron chi connectivity index (χ0n) is 13.8. The van der Waals surface area contributed by atoms with Crippen LogP contribution in [0.15, 0.2) is 84.9 Å². The van der Waals surface area contributed by atoms with Gasteiger partial charge in [-0.05, 0) is 0 Å². The van der Waals surface area contributed by atoms with Crippen molar-refractivity contribution in [3.63, 3.8) is 0 Å². The third kappa shape index (κ3) is 3.90. The summed E-state index contributed by atoms with van der Waals surface area (Å²) in [5.74, 6) is 0.631. The van der Waals surface area contributed by atoms with Gasteiger partial charge in [-0.2, -0.15) is 0 Å². The summed E-state index contributed by atoms with van der Waals surface area (Å²) in [6.07, 6.45) is 2.61. The first-order chi connectivity index (χ1) is 12.3. The van der Waals surface area contributed by atoms with Gasteiger partial charge in [0.25, 0.3) is 0 Å². The summed E-state index contributed by atoms with van der Waals surface area (Å²) in [4.78, 5) is 0. The second-order valence-electron chi connectivity index (χ2n) is 6.29. The summed E-state index contributed by atoms with van der Waals surface area (Å²) in [5.41, 5.74) is 1.43. The fraction of sp³-hybridized carbons (Fsp3) is 0.182. The summed E-state index contributed by atoms with van der Waals surface area (Å²) >= 11 is 7.23. The van der Waals surface area contributed by atoms with Gasteiger partial charge in [-0.15, -0.1) is 0 Å². The molecule has 1 aliphatic carbocycles. The summed E-state index contributed by atoms with van der Waals surface area (Å²) in [5, 5.41) is 0.859. The van der Waals surface area contributed by atoms with E-state index in [1.54, 1.807) is 0 Å². The van der Waals surface area contributed by atoms with Crippen molar-refractivity contribution in [1.82, 2.24) is 0 Å². The summed E-state index contributed by atoms with van der Waals surface area (Å²) in [7, 11) is 0. The fourth-order valence-electron chi connectivity index (χ4n) is 3.31. The van der Waals surface area contributed by atoms with Crippen molar-refractivity contribution < 1.29 is 0 Å². The van der Waals surface area contributed by atoms with E-state index in [0.717, 1.165) is 5.02 Å². The second-order valence-corrected chi connectivity index (χ2v) is 13.9. The SMILES string of the molecule is Clc1cccc(C2CCC2([Se]c2ccccc2)[Se]c2ccccc2)c1. The molecule has 0 radical (unpaired) electrons. The average Bonchev–Trinajstić information content (AvgIpc) is 2.62. The van der Waals surface area contributed by atoms with Gasteiger partial charge in [-0.1, -0.05) is 0 Å². The molecule has 0 aromatic heterocycles. The van der Waals surface area contributed by atoms with Crippen LogP contribution in [0.2, 0.25) is 8.23 Å². The zero-order valence-corrected chi connectivity index (χ0v) is 18.0. The molecule has 0 N–H and O–H groups in total. The quantitative estimate of drug-likeness (QED) is 0.479. The molecule has 3 heteroatoms. The van der Waals surface area contributed by atoms with Gasteiger partial charge in [0.2, 0.25) is 0 Å². The molecule has 3 aromatic carbocycles. The van der Waals surface area contributed by atoms with Crippen LogP contribution in [0.3, 0.4) is 0 Å². The van der Waals surface area contributed by atoms with Gasteiger partial charge in [0, 0.05) is 0 Å². The number of hydrogen-bond donors (Lipinski definition) is 0. The van der Waals surface area contributed by atoms with E-state index < -0.39 is 0 Å². The first-order valence-corrected chi connectivity index (χ1v) is 12.3. The van der Waals surface area contributed by atoms with E-state index in [1.165, 1.54) is 27.3 Å². The maximum atomic E-state index is 6.29. The monoisotopic (exact) mass is 478 g/mol. The van der Waals surface area contributed by atoms with Crippen molar-refractivity contribution >= 4 is 50.4 Å². The van der Waals surface area contributed by atoms with Crippen molar-refractivity contribution in [1.29, 1.82) is 0 Å².